The largest absolute Gasteiger partial charge is 0.367 e. The normalized spacial score (nSPS) is 10.6. The number of nitrogens with zero attached hydrogens (tertiary/aromatic N) is 1. The summed E-state index contributed by atoms with van der Waals surface area (Å²) in [6.07, 6.45) is 4.04. The molecule has 3 heterocycles. The van der Waals surface area contributed by atoms with Gasteiger partial charge < -0.3 is 10.3 Å². The van der Waals surface area contributed by atoms with Crippen molar-refractivity contribution in [3.8, 4) is 10.6 Å². The molecule has 2 N–H and O–H groups in total. The Morgan fingerprint density at radius 3 is 3.05 bits per heavy atom. The SMILES string of the molecule is O=C(Cc1csc(-c2ccsc2)n1)NCc1cc[nH]c1. The number of aromatic amines is 1. The van der Waals surface area contributed by atoms with Gasteiger partial charge in [-0.25, -0.2) is 4.98 Å². The first-order chi connectivity index (χ1) is 9.81. The number of thiophene rings is 1. The van der Waals surface area contributed by atoms with Gasteiger partial charge in [-0.1, -0.05) is 0 Å². The molecule has 0 bridgehead atoms. The first-order valence-corrected chi connectivity index (χ1v) is 7.99. The molecule has 102 valence electrons. The number of thiazole rings is 1. The van der Waals surface area contributed by atoms with Crippen LogP contribution in [0.15, 0.2) is 40.7 Å². The maximum Gasteiger partial charge on any atom is 0.226 e. The van der Waals surface area contributed by atoms with E-state index in [0.717, 1.165) is 21.8 Å². The number of rotatable bonds is 5. The van der Waals surface area contributed by atoms with Crippen molar-refractivity contribution in [3.63, 3.8) is 0 Å². The van der Waals surface area contributed by atoms with Crippen molar-refractivity contribution in [1.29, 1.82) is 0 Å². The van der Waals surface area contributed by atoms with Crippen LogP contribution < -0.4 is 5.32 Å². The summed E-state index contributed by atoms with van der Waals surface area (Å²) in [7, 11) is 0. The summed E-state index contributed by atoms with van der Waals surface area (Å²) in [6.45, 7) is 0.545. The average molecular weight is 303 g/mol. The topological polar surface area (TPSA) is 57.8 Å². The van der Waals surface area contributed by atoms with Crippen molar-refractivity contribution in [2.24, 2.45) is 0 Å². The lowest BCUT2D eigenvalue weighted by molar-refractivity contribution is -0.120. The molecule has 0 aliphatic rings. The van der Waals surface area contributed by atoms with E-state index in [1.165, 1.54) is 0 Å². The molecule has 3 rings (SSSR count). The lowest BCUT2D eigenvalue weighted by Crippen LogP contribution is -2.24. The van der Waals surface area contributed by atoms with Gasteiger partial charge in [0.1, 0.15) is 5.01 Å². The van der Waals surface area contributed by atoms with E-state index in [2.05, 4.69) is 20.7 Å². The highest BCUT2D eigenvalue weighted by Crippen LogP contribution is 2.25. The van der Waals surface area contributed by atoms with Gasteiger partial charge in [0, 0.05) is 35.3 Å². The van der Waals surface area contributed by atoms with Crippen molar-refractivity contribution >= 4 is 28.6 Å². The maximum atomic E-state index is 11.8. The van der Waals surface area contributed by atoms with Crippen LogP contribution in [0.25, 0.3) is 10.6 Å². The van der Waals surface area contributed by atoms with Crippen LogP contribution in [-0.4, -0.2) is 15.9 Å². The summed E-state index contributed by atoms with van der Waals surface area (Å²) in [4.78, 5) is 19.3. The molecule has 0 aromatic carbocycles. The number of aromatic nitrogens is 2. The minimum atomic E-state index is -0.00614. The van der Waals surface area contributed by atoms with Crippen LogP contribution in [0.3, 0.4) is 0 Å². The number of amides is 1. The van der Waals surface area contributed by atoms with Crippen molar-refractivity contribution in [3.05, 3.63) is 51.9 Å². The van der Waals surface area contributed by atoms with E-state index in [1.54, 1.807) is 22.7 Å². The molecule has 0 saturated carbocycles. The second kappa shape index (κ2) is 6.02. The molecule has 0 atom stereocenters. The molecule has 0 radical (unpaired) electrons. The van der Waals surface area contributed by atoms with Crippen molar-refractivity contribution in [1.82, 2.24) is 15.3 Å². The summed E-state index contributed by atoms with van der Waals surface area (Å²) >= 11 is 3.22. The molecule has 3 aromatic rings. The fourth-order valence-corrected chi connectivity index (χ4v) is 3.33. The van der Waals surface area contributed by atoms with Gasteiger partial charge in [0.25, 0.3) is 0 Å². The highest BCUT2D eigenvalue weighted by Gasteiger charge is 2.09. The number of carbonyl (C=O) groups is 1. The van der Waals surface area contributed by atoms with Crippen molar-refractivity contribution in [2.75, 3.05) is 0 Å². The van der Waals surface area contributed by atoms with E-state index in [-0.39, 0.29) is 5.91 Å². The molecule has 0 aliphatic carbocycles. The first kappa shape index (κ1) is 13.1. The Hall–Kier alpha value is -1.92. The van der Waals surface area contributed by atoms with Crippen LogP contribution >= 0.6 is 22.7 Å². The Kier molecular flexibility index (Phi) is 3.94. The van der Waals surface area contributed by atoms with Gasteiger partial charge in [-0.05, 0) is 23.1 Å². The van der Waals surface area contributed by atoms with Crippen molar-refractivity contribution in [2.45, 2.75) is 13.0 Å². The van der Waals surface area contributed by atoms with Crippen LogP contribution in [0.2, 0.25) is 0 Å². The molecule has 4 nitrogen and oxygen atoms in total. The number of hydrogen-bond acceptors (Lipinski definition) is 4. The Morgan fingerprint density at radius 2 is 2.30 bits per heavy atom. The summed E-state index contributed by atoms with van der Waals surface area (Å²) < 4.78 is 0. The molecule has 20 heavy (non-hydrogen) atoms. The minimum absolute atomic E-state index is 0.00614. The number of nitrogens with one attached hydrogen (secondary N) is 2. The van der Waals surface area contributed by atoms with E-state index in [1.807, 2.05) is 35.3 Å². The average Bonchev–Trinajstić information content (AvgIpc) is 3.18. The van der Waals surface area contributed by atoms with Gasteiger partial charge >= 0.3 is 0 Å². The third-order valence-electron chi connectivity index (χ3n) is 2.81. The standard InChI is InChI=1S/C14H13N3OS2/c18-13(16-7-10-1-3-15-6-10)5-12-9-20-14(17-12)11-2-4-19-8-11/h1-4,6,8-9,15H,5,7H2,(H,16,18). The molecular formula is C14H13N3OS2. The quantitative estimate of drug-likeness (QED) is 0.761. The highest BCUT2D eigenvalue weighted by molar-refractivity contribution is 7.14. The predicted octanol–water partition coefficient (Wildman–Crippen LogP) is 3.06. The first-order valence-electron chi connectivity index (χ1n) is 6.16. The smallest absolute Gasteiger partial charge is 0.226 e. The summed E-state index contributed by atoms with van der Waals surface area (Å²) in [5.74, 6) is -0.00614. The van der Waals surface area contributed by atoms with Gasteiger partial charge in [-0.15, -0.1) is 11.3 Å². The molecule has 1 amide bonds. The maximum absolute atomic E-state index is 11.8. The zero-order chi connectivity index (χ0) is 13.8. The highest BCUT2D eigenvalue weighted by atomic mass is 32.1. The van der Waals surface area contributed by atoms with E-state index in [0.29, 0.717) is 13.0 Å². The van der Waals surface area contributed by atoms with Crippen LogP contribution in [0, 0.1) is 0 Å². The number of H-pyrrole nitrogens is 1. The van der Waals surface area contributed by atoms with Crippen LogP contribution in [-0.2, 0) is 17.8 Å². The summed E-state index contributed by atoms with van der Waals surface area (Å²) in [5, 5.41) is 9.90. The van der Waals surface area contributed by atoms with Crippen LogP contribution in [0.4, 0.5) is 0 Å². The monoisotopic (exact) mass is 303 g/mol. The third-order valence-corrected chi connectivity index (χ3v) is 4.44. The van der Waals surface area contributed by atoms with Crippen LogP contribution in [0.5, 0.6) is 0 Å². The second-order valence-electron chi connectivity index (χ2n) is 4.33. The molecule has 0 aliphatic heterocycles. The molecule has 0 unspecified atom stereocenters. The fraction of sp³-hybridized carbons (Fsp3) is 0.143. The Labute approximate surface area is 124 Å². The molecule has 3 aromatic heterocycles. The van der Waals surface area contributed by atoms with E-state index < -0.39 is 0 Å². The lowest BCUT2D eigenvalue weighted by atomic mass is 10.3. The van der Waals surface area contributed by atoms with E-state index in [9.17, 15) is 4.79 Å². The van der Waals surface area contributed by atoms with Crippen molar-refractivity contribution < 1.29 is 4.79 Å². The van der Waals surface area contributed by atoms with E-state index >= 15 is 0 Å². The Bertz CT molecular complexity index is 671. The molecule has 0 spiro atoms. The molecule has 0 fully saturated rings. The van der Waals surface area contributed by atoms with Gasteiger partial charge in [0.05, 0.1) is 12.1 Å². The third kappa shape index (κ3) is 3.15. The number of hydrogen-bond donors (Lipinski definition) is 2. The van der Waals surface area contributed by atoms with Gasteiger partial charge in [-0.2, -0.15) is 11.3 Å². The zero-order valence-electron chi connectivity index (χ0n) is 10.6. The van der Waals surface area contributed by atoms with Crippen LogP contribution in [0.1, 0.15) is 11.3 Å². The van der Waals surface area contributed by atoms with Gasteiger partial charge in [0.15, 0.2) is 0 Å². The molecule has 0 saturated heterocycles. The molecular weight excluding hydrogens is 290 g/mol. The second-order valence-corrected chi connectivity index (χ2v) is 5.97. The van der Waals surface area contributed by atoms with E-state index in [4.69, 9.17) is 0 Å². The molecule has 6 heteroatoms. The lowest BCUT2D eigenvalue weighted by Gasteiger charge is -2.01. The summed E-state index contributed by atoms with van der Waals surface area (Å²) in [6, 6.07) is 3.98. The summed E-state index contributed by atoms with van der Waals surface area (Å²) in [5.41, 5.74) is 3.01. The van der Waals surface area contributed by atoms with Gasteiger partial charge in [0.2, 0.25) is 5.91 Å². The fourth-order valence-electron chi connectivity index (χ4n) is 1.80. The Morgan fingerprint density at radius 1 is 1.35 bits per heavy atom. The number of carbonyl (C=O) groups excluding carboxylic acids is 1. The van der Waals surface area contributed by atoms with Gasteiger partial charge in [-0.3, -0.25) is 4.79 Å². The predicted molar refractivity (Wildman–Crippen MR) is 81.8 cm³/mol. The Balaban J connectivity index is 1.56. The minimum Gasteiger partial charge on any atom is -0.367 e. The zero-order valence-corrected chi connectivity index (χ0v) is 12.3.